The van der Waals surface area contributed by atoms with Gasteiger partial charge in [0.1, 0.15) is 4.83 Å². The molecule has 21 heavy (non-hydrogen) atoms. The van der Waals surface area contributed by atoms with Crippen molar-refractivity contribution in [3.8, 4) is 0 Å². The molecule has 0 saturated carbocycles. The maximum absolute atomic E-state index is 5.41. The van der Waals surface area contributed by atoms with Crippen LogP contribution in [0.4, 0.5) is 5.82 Å². The van der Waals surface area contributed by atoms with Crippen molar-refractivity contribution in [2.45, 2.75) is 32.7 Å². The summed E-state index contributed by atoms with van der Waals surface area (Å²) in [6.45, 7) is 5.84. The largest absolute Gasteiger partial charge is 0.381 e. The van der Waals surface area contributed by atoms with Gasteiger partial charge in [0.15, 0.2) is 5.82 Å². The van der Waals surface area contributed by atoms with Crippen LogP contribution in [-0.2, 0) is 4.74 Å². The van der Waals surface area contributed by atoms with Crippen LogP contribution < -0.4 is 5.32 Å². The van der Waals surface area contributed by atoms with E-state index in [1.807, 2.05) is 6.92 Å². The van der Waals surface area contributed by atoms with Gasteiger partial charge in [-0.2, -0.15) is 5.10 Å². The molecule has 2 N–H and O–H groups in total. The number of pyridine rings is 1. The molecule has 0 atom stereocenters. The molecular formula is C15H18N4OS. The van der Waals surface area contributed by atoms with E-state index >= 15 is 0 Å². The third-order valence-electron chi connectivity index (χ3n) is 4.04. The van der Waals surface area contributed by atoms with Crippen LogP contribution in [0.25, 0.3) is 20.4 Å². The predicted octanol–water partition coefficient (Wildman–Crippen LogP) is 3.38. The Kier molecular flexibility index (Phi) is 3.08. The number of hydrogen-bond donors (Lipinski definition) is 2. The Labute approximate surface area is 126 Å². The number of anilines is 1. The molecule has 5 nitrogen and oxygen atoms in total. The highest BCUT2D eigenvalue weighted by molar-refractivity contribution is 7.26. The molecular weight excluding hydrogens is 284 g/mol. The zero-order valence-electron chi connectivity index (χ0n) is 12.2. The molecule has 0 aromatic carbocycles. The number of hydrogen-bond acceptors (Lipinski definition) is 5. The van der Waals surface area contributed by atoms with Crippen LogP contribution in [0.1, 0.15) is 24.1 Å². The lowest BCUT2D eigenvalue weighted by atomic mass is 10.1. The van der Waals surface area contributed by atoms with Gasteiger partial charge in [0.05, 0.1) is 10.2 Å². The Morgan fingerprint density at radius 2 is 2.14 bits per heavy atom. The minimum absolute atomic E-state index is 0.450. The number of aryl methyl sites for hydroxylation is 2. The van der Waals surface area contributed by atoms with Gasteiger partial charge in [-0.25, -0.2) is 4.98 Å². The minimum Gasteiger partial charge on any atom is -0.381 e. The van der Waals surface area contributed by atoms with Crippen LogP contribution in [-0.4, -0.2) is 34.4 Å². The van der Waals surface area contributed by atoms with Crippen molar-refractivity contribution in [3.63, 3.8) is 0 Å². The van der Waals surface area contributed by atoms with Gasteiger partial charge in [0.2, 0.25) is 0 Å². The lowest BCUT2D eigenvalue weighted by Crippen LogP contribution is -2.27. The molecule has 1 fully saturated rings. The molecule has 0 radical (unpaired) electrons. The molecule has 0 amide bonds. The van der Waals surface area contributed by atoms with E-state index in [0.29, 0.717) is 6.04 Å². The van der Waals surface area contributed by atoms with Crippen LogP contribution in [0.15, 0.2) is 6.07 Å². The van der Waals surface area contributed by atoms with Crippen molar-refractivity contribution in [2.75, 3.05) is 18.5 Å². The molecule has 0 aliphatic carbocycles. The Balaban J connectivity index is 1.78. The molecule has 0 unspecified atom stereocenters. The second-order valence-electron chi connectivity index (χ2n) is 5.67. The Morgan fingerprint density at radius 3 is 2.95 bits per heavy atom. The van der Waals surface area contributed by atoms with Crippen LogP contribution in [0.2, 0.25) is 0 Å². The van der Waals surface area contributed by atoms with E-state index in [0.717, 1.165) is 47.9 Å². The highest BCUT2D eigenvalue weighted by Gasteiger charge is 2.19. The summed E-state index contributed by atoms with van der Waals surface area (Å²) < 4.78 is 6.59. The first-order chi connectivity index (χ1) is 10.2. The van der Waals surface area contributed by atoms with Gasteiger partial charge < -0.3 is 10.1 Å². The van der Waals surface area contributed by atoms with Gasteiger partial charge in [-0.05, 0) is 38.3 Å². The molecule has 1 aliphatic rings. The highest BCUT2D eigenvalue weighted by atomic mass is 32.1. The fourth-order valence-corrected chi connectivity index (χ4v) is 4.21. The van der Waals surface area contributed by atoms with Gasteiger partial charge in [-0.3, -0.25) is 5.10 Å². The summed E-state index contributed by atoms with van der Waals surface area (Å²) in [6, 6.07) is 2.58. The van der Waals surface area contributed by atoms with E-state index in [-0.39, 0.29) is 0 Å². The maximum atomic E-state index is 5.41. The third kappa shape index (κ3) is 2.18. The van der Waals surface area contributed by atoms with Crippen molar-refractivity contribution < 1.29 is 4.74 Å². The number of H-pyrrole nitrogens is 1. The van der Waals surface area contributed by atoms with Crippen molar-refractivity contribution in [1.82, 2.24) is 15.2 Å². The maximum Gasteiger partial charge on any atom is 0.166 e. The van der Waals surface area contributed by atoms with E-state index in [4.69, 9.17) is 4.74 Å². The molecule has 3 aromatic heterocycles. The first kappa shape index (κ1) is 13.0. The Hall–Kier alpha value is -1.66. The van der Waals surface area contributed by atoms with Crippen LogP contribution >= 0.6 is 11.3 Å². The second-order valence-corrected chi connectivity index (χ2v) is 6.67. The summed E-state index contributed by atoms with van der Waals surface area (Å²) >= 11 is 1.71. The number of ether oxygens (including phenoxy) is 1. The van der Waals surface area contributed by atoms with Crippen LogP contribution in [0.3, 0.4) is 0 Å². The molecule has 0 bridgehead atoms. The number of nitrogens with one attached hydrogen (secondary N) is 2. The zero-order valence-corrected chi connectivity index (χ0v) is 13.0. The predicted molar refractivity (Wildman–Crippen MR) is 86.2 cm³/mol. The SMILES string of the molecule is Cc1cc(C)c2c(n1)sc1c(NC3CCOCC3)n[nH]c12. The average molecular weight is 302 g/mol. The molecule has 6 heteroatoms. The van der Waals surface area contributed by atoms with Crippen molar-refractivity contribution in [1.29, 1.82) is 0 Å². The standard InChI is InChI=1S/C15H18N4OS/c1-8-7-9(2)16-15-11(8)12-13(21-15)14(19-18-12)17-10-3-5-20-6-4-10/h7,10H,3-6H2,1-2H3,(H2,17,18,19). The van der Waals surface area contributed by atoms with E-state index in [1.54, 1.807) is 11.3 Å². The normalized spacial score (nSPS) is 16.9. The molecule has 0 spiro atoms. The van der Waals surface area contributed by atoms with Gasteiger partial charge >= 0.3 is 0 Å². The van der Waals surface area contributed by atoms with Crippen molar-refractivity contribution in [2.24, 2.45) is 0 Å². The number of rotatable bonds is 2. The summed E-state index contributed by atoms with van der Waals surface area (Å²) in [4.78, 5) is 5.75. The molecule has 4 rings (SSSR count). The highest BCUT2D eigenvalue weighted by Crippen LogP contribution is 2.37. The first-order valence-corrected chi connectivity index (χ1v) is 8.13. The topological polar surface area (TPSA) is 62.8 Å². The summed E-state index contributed by atoms with van der Waals surface area (Å²) in [6.07, 6.45) is 2.07. The van der Waals surface area contributed by atoms with Crippen LogP contribution in [0.5, 0.6) is 0 Å². The summed E-state index contributed by atoms with van der Waals surface area (Å²) in [5.41, 5.74) is 3.43. The minimum atomic E-state index is 0.450. The number of thiophene rings is 1. The number of nitrogens with zero attached hydrogens (tertiary/aromatic N) is 2. The molecule has 1 saturated heterocycles. The fourth-order valence-electron chi connectivity index (χ4n) is 3.01. The van der Waals surface area contributed by atoms with Gasteiger partial charge in [-0.15, -0.1) is 11.3 Å². The number of fused-ring (bicyclic) bond motifs is 3. The fraction of sp³-hybridized carbons (Fsp3) is 0.467. The van der Waals surface area contributed by atoms with Gasteiger partial charge in [0, 0.05) is 30.3 Å². The summed E-state index contributed by atoms with van der Waals surface area (Å²) in [7, 11) is 0. The Morgan fingerprint density at radius 1 is 1.33 bits per heavy atom. The second kappa shape index (κ2) is 4.96. The Bertz CT molecular complexity index is 801. The smallest absolute Gasteiger partial charge is 0.166 e. The van der Waals surface area contributed by atoms with Crippen molar-refractivity contribution >= 4 is 37.6 Å². The number of aromatic nitrogens is 3. The summed E-state index contributed by atoms with van der Waals surface area (Å²) in [5, 5.41) is 12.4. The average Bonchev–Trinajstić information content (AvgIpc) is 2.99. The quantitative estimate of drug-likeness (QED) is 0.762. The van der Waals surface area contributed by atoms with E-state index in [1.165, 1.54) is 15.6 Å². The third-order valence-corrected chi connectivity index (χ3v) is 5.13. The zero-order chi connectivity index (χ0) is 14.4. The van der Waals surface area contributed by atoms with E-state index in [2.05, 4.69) is 33.5 Å². The van der Waals surface area contributed by atoms with Gasteiger partial charge in [0.25, 0.3) is 0 Å². The van der Waals surface area contributed by atoms with Crippen LogP contribution in [0, 0.1) is 13.8 Å². The lowest BCUT2D eigenvalue weighted by molar-refractivity contribution is 0.0904. The van der Waals surface area contributed by atoms with E-state index in [9.17, 15) is 0 Å². The molecule has 110 valence electrons. The van der Waals surface area contributed by atoms with Gasteiger partial charge in [-0.1, -0.05) is 0 Å². The lowest BCUT2D eigenvalue weighted by Gasteiger charge is -2.22. The van der Waals surface area contributed by atoms with Crippen molar-refractivity contribution in [3.05, 3.63) is 17.3 Å². The van der Waals surface area contributed by atoms with E-state index < -0.39 is 0 Å². The molecule has 1 aliphatic heterocycles. The monoisotopic (exact) mass is 302 g/mol. The molecule has 3 aromatic rings. The first-order valence-electron chi connectivity index (χ1n) is 7.31. The number of aromatic amines is 1. The molecule has 4 heterocycles. The summed E-state index contributed by atoms with van der Waals surface area (Å²) in [5.74, 6) is 0.956.